The molecule has 1 aliphatic rings. The Morgan fingerprint density at radius 1 is 1.33 bits per heavy atom. The second kappa shape index (κ2) is 3.35. The minimum atomic E-state index is -0.245. The van der Waals surface area contributed by atoms with Gasteiger partial charge in [0.25, 0.3) is 0 Å². The summed E-state index contributed by atoms with van der Waals surface area (Å²) in [5.41, 5.74) is -0.119. The van der Waals surface area contributed by atoms with Crippen molar-refractivity contribution in [3.63, 3.8) is 0 Å². The van der Waals surface area contributed by atoms with E-state index < -0.39 is 0 Å². The molecule has 1 fully saturated rings. The minimum absolute atomic E-state index is 0.119. The summed E-state index contributed by atoms with van der Waals surface area (Å²) in [7, 11) is 0. The molecule has 0 amide bonds. The molecule has 0 spiro atoms. The van der Waals surface area contributed by atoms with Crippen LogP contribution in [0.5, 0.6) is 0 Å². The van der Waals surface area contributed by atoms with Crippen LogP contribution < -0.4 is 0 Å². The molecule has 3 atom stereocenters. The molecular formula is C10H20O2. The van der Waals surface area contributed by atoms with Crippen molar-refractivity contribution < 1.29 is 10.2 Å². The van der Waals surface area contributed by atoms with Gasteiger partial charge >= 0.3 is 0 Å². The average molecular weight is 172 g/mol. The van der Waals surface area contributed by atoms with Crippen LogP contribution in [0.15, 0.2) is 0 Å². The zero-order valence-corrected chi connectivity index (χ0v) is 8.25. The van der Waals surface area contributed by atoms with E-state index in [1.54, 1.807) is 0 Å². The van der Waals surface area contributed by atoms with E-state index in [4.69, 9.17) is 0 Å². The zero-order valence-electron chi connectivity index (χ0n) is 8.25. The van der Waals surface area contributed by atoms with Crippen molar-refractivity contribution in [3.8, 4) is 0 Å². The molecule has 2 nitrogen and oxygen atoms in total. The van der Waals surface area contributed by atoms with Gasteiger partial charge in [-0.05, 0) is 30.1 Å². The van der Waals surface area contributed by atoms with E-state index in [-0.39, 0.29) is 24.0 Å². The lowest BCUT2D eigenvalue weighted by Gasteiger charge is -2.45. The summed E-state index contributed by atoms with van der Waals surface area (Å²) in [6.07, 6.45) is 1.67. The highest BCUT2D eigenvalue weighted by molar-refractivity contribution is 4.91. The molecule has 72 valence electrons. The highest BCUT2D eigenvalue weighted by Gasteiger charge is 2.42. The predicted molar refractivity (Wildman–Crippen MR) is 48.8 cm³/mol. The molecule has 0 radical (unpaired) electrons. The quantitative estimate of drug-likeness (QED) is 0.628. The summed E-state index contributed by atoms with van der Waals surface area (Å²) in [5, 5.41) is 18.9. The molecule has 12 heavy (non-hydrogen) atoms. The highest BCUT2D eigenvalue weighted by atomic mass is 16.3. The second-order valence-corrected chi connectivity index (χ2v) is 4.68. The maximum Gasteiger partial charge on any atom is 0.0594 e. The first-order chi connectivity index (χ1) is 5.50. The van der Waals surface area contributed by atoms with Crippen LogP contribution in [-0.2, 0) is 0 Å². The zero-order chi connectivity index (χ0) is 9.35. The predicted octanol–water partition coefficient (Wildman–Crippen LogP) is 1.41. The fraction of sp³-hybridized carbons (Fsp3) is 1.00. The van der Waals surface area contributed by atoms with Crippen molar-refractivity contribution in [2.24, 2.45) is 17.3 Å². The fourth-order valence-electron chi connectivity index (χ4n) is 2.39. The van der Waals surface area contributed by atoms with Crippen LogP contribution in [0.4, 0.5) is 0 Å². The molecule has 0 heterocycles. The van der Waals surface area contributed by atoms with Crippen molar-refractivity contribution in [2.45, 2.75) is 39.7 Å². The summed E-state index contributed by atoms with van der Waals surface area (Å²) in [5.74, 6) is 0.787. The first-order valence-electron chi connectivity index (χ1n) is 4.79. The Hall–Kier alpha value is -0.0800. The lowest BCUT2D eigenvalue weighted by atomic mass is 9.63. The normalized spacial score (nSPS) is 41.2. The lowest BCUT2D eigenvalue weighted by molar-refractivity contribution is -0.0716. The van der Waals surface area contributed by atoms with Crippen molar-refractivity contribution in [3.05, 3.63) is 0 Å². The van der Waals surface area contributed by atoms with Gasteiger partial charge < -0.3 is 10.2 Å². The summed E-state index contributed by atoms with van der Waals surface area (Å²) in [4.78, 5) is 0. The monoisotopic (exact) mass is 172 g/mol. The summed E-state index contributed by atoms with van der Waals surface area (Å²) in [6.45, 7) is 6.46. The van der Waals surface area contributed by atoms with Gasteiger partial charge in [0, 0.05) is 6.61 Å². The Labute approximate surface area is 74.6 Å². The molecule has 0 aliphatic heterocycles. The molecule has 1 saturated carbocycles. The first kappa shape index (κ1) is 10.0. The maximum atomic E-state index is 9.75. The minimum Gasteiger partial charge on any atom is -0.396 e. The molecule has 0 unspecified atom stereocenters. The molecule has 1 aliphatic carbocycles. The van der Waals surface area contributed by atoms with Crippen LogP contribution in [0.2, 0.25) is 0 Å². The average Bonchev–Trinajstić information content (AvgIpc) is 1.98. The van der Waals surface area contributed by atoms with Crippen molar-refractivity contribution >= 4 is 0 Å². The smallest absolute Gasteiger partial charge is 0.0594 e. The van der Waals surface area contributed by atoms with Gasteiger partial charge in [-0.1, -0.05) is 20.8 Å². The standard InChI is InChI=1S/C10H20O2/c1-7-4-5-9(12)10(2,3)8(7)6-11/h7-9,11-12H,4-6H2,1-3H3/t7-,8-,9-/m0/s1. The summed E-state index contributed by atoms with van der Waals surface area (Å²) in [6, 6.07) is 0. The van der Waals surface area contributed by atoms with Crippen LogP contribution in [0.25, 0.3) is 0 Å². The molecule has 0 bridgehead atoms. The Kier molecular flexibility index (Phi) is 2.79. The van der Waals surface area contributed by atoms with E-state index in [2.05, 4.69) is 6.92 Å². The van der Waals surface area contributed by atoms with E-state index >= 15 is 0 Å². The molecule has 0 aromatic heterocycles. The number of hydrogen-bond acceptors (Lipinski definition) is 2. The van der Waals surface area contributed by atoms with E-state index in [0.29, 0.717) is 5.92 Å². The van der Waals surface area contributed by atoms with E-state index in [0.717, 1.165) is 12.8 Å². The van der Waals surface area contributed by atoms with Gasteiger partial charge in [-0.2, -0.15) is 0 Å². The Balaban J connectivity index is 2.76. The SMILES string of the molecule is C[C@H]1CC[C@H](O)C(C)(C)[C@H]1CO. The Bertz CT molecular complexity index is 154. The van der Waals surface area contributed by atoms with Crippen LogP contribution >= 0.6 is 0 Å². The van der Waals surface area contributed by atoms with Crippen molar-refractivity contribution in [1.29, 1.82) is 0 Å². The largest absolute Gasteiger partial charge is 0.396 e. The first-order valence-corrected chi connectivity index (χ1v) is 4.79. The Morgan fingerprint density at radius 3 is 2.33 bits per heavy atom. The van der Waals surface area contributed by atoms with E-state index in [9.17, 15) is 10.2 Å². The summed E-state index contributed by atoms with van der Waals surface area (Å²) < 4.78 is 0. The molecule has 0 aromatic rings. The van der Waals surface area contributed by atoms with Crippen LogP contribution in [-0.4, -0.2) is 22.9 Å². The summed E-state index contributed by atoms with van der Waals surface area (Å²) >= 11 is 0. The number of rotatable bonds is 1. The van der Waals surface area contributed by atoms with Gasteiger partial charge in [0.2, 0.25) is 0 Å². The molecule has 2 N–H and O–H groups in total. The van der Waals surface area contributed by atoms with E-state index in [1.807, 2.05) is 13.8 Å². The second-order valence-electron chi connectivity index (χ2n) is 4.68. The van der Waals surface area contributed by atoms with Gasteiger partial charge in [0.05, 0.1) is 6.10 Å². The fourth-order valence-corrected chi connectivity index (χ4v) is 2.39. The lowest BCUT2D eigenvalue weighted by Crippen LogP contribution is -2.45. The van der Waals surface area contributed by atoms with Gasteiger partial charge in [0.15, 0.2) is 0 Å². The topological polar surface area (TPSA) is 40.5 Å². The third-order valence-electron chi connectivity index (χ3n) is 3.59. The molecule has 1 rings (SSSR count). The Morgan fingerprint density at radius 2 is 1.92 bits per heavy atom. The number of aliphatic hydroxyl groups is 2. The van der Waals surface area contributed by atoms with Gasteiger partial charge in [-0.25, -0.2) is 0 Å². The van der Waals surface area contributed by atoms with E-state index in [1.165, 1.54) is 0 Å². The van der Waals surface area contributed by atoms with Gasteiger partial charge in [-0.3, -0.25) is 0 Å². The number of aliphatic hydroxyl groups excluding tert-OH is 2. The van der Waals surface area contributed by atoms with Crippen LogP contribution in [0.3, 0.4) is 0 Å². The van der Waals surface area contributed by atoms with Crippen LogP contribution in [0.1, 0.15) is 33.6 Å². The van der Waals surface area contributed by atoms with Crippen molar-refractivity contribution in [1.82, 2.24) is 0 Å². The highest BCUT2D eigenvalue weighted by Crippen LogP contribution is 2.43. The van der Waals surface area contributed by atoms with Crippen molar-refractivity contribution in [2.75, 3.05) is 6.61 Å². The molecule has 0 saturated heterocycles. The molecule has 0 aromatic carbocycles. The number of hydrogen-bond donors (Lipinski definition) is 2. The third-order valence-corrected chi connectivity index (χ3v) is 3.59. The molecular weight excluding hydrogens is 152 g/mol. The third kappa shape index (κ3) is 1.50. The van der Waals surface area contributed by atoms with Crippen LogP contribution in [0, 0.1) is 17.3 Å². The van der Waals surface area contributed by atoms with Gasteiger partial charge in [0.1, 0.15) is 0 Å². The molecule has 2 heteroatoms. The maximum absolute atomic E-state index is 9.75. The van der Waals surface area contributed by atoms with Gasteiger partial charge in [-0.15, -0.1) is 0 Å².